The first-order chi connectivity index (χ1) is 19.7. The minimum absolute atomic E-state index is 0.0286. The van der Waals surface area contributed by atoms with E-state index >= 15 is 0 Å². The number of H-pyrrole nitrogens is 1. The van der Waals surface area contributed by atoms with Crippen molar-refractivity contribution in [3.05, 3.63) is 70.1 Å². The van der Waals surface area contributed by atoms with E-state index in [0.29, 0.717) is 28.8 Å². The van der Waals surface area contributed by atoms with Gasteiger partial charge in [0.15, 0.2) is 23.0 Å². The van der Waals surface area contributed by atoms with E-state index in [9.17, 15) is 28.2 Å². The normalized spacial score (nSPS) is 26.3. The van der Waals surface area contributed by atoms with E-state index in [1.165, 1.54) is 18.0 Å². The van der Waals surface area contributed by atoms with Gasteiger partial charge >= 0.3 is 5.76 Å². The van der Waals surface area contributed by atoms with E-state index in [1.807, 2.05) is 0 Å². The molecule has 4 heterocycles. The average molecular weight is 576 g/mol. The van der Waals surface area contributed by atoms with Gasteiger partial charge in [-0.1, -0.05) is 16.4 Å². The maximum absolute atomic E-state index is 13.8. The molecule has 2 aromatic carbocycles. The van der Waals surface area contributed by atoms with E-state index in [1.54, 1.807) is 18.2 Å². The van der Waals surface area contributed by atoms with Crippen LogP contribution in [-0.4, -0.2) is 80.1 Å². The number of rotatable bonds is 7. The number of nitrogens with zero attached hydrogens (tertiary/aromatic N) is 4. The van der Waals surface area contributed by atoms with Crippen molar-refractivity contribution in [2.45, 2.75) is 49.4 Å². The van der Waals surface area contributed by atoms with E-state index in [2.05, 4.69) is 20.5 Å². The number of oxazole rings is 1. The Labute approximate surface area is 228 Å². The third-order valence-corrected chi connectivity index (χ3v) is 7.31. The maximum atomic E-state index is 13.8. The number of hydrogen-bond donors (Lipinski definition) is 3. The van der Waals surface area contributed by atoms with Crippen molar-refractivity contribution in [1.82, 2.24) is 20.0 Å². The highest BCUT2D eigenvalue weighted by molar-refractivity contribution is 6.03. The molecule has 216 valence electrons. The summed E-state index contributed by atoms with van der Waals surface area (Å²) in [5.41, 5.74) is 2.25. The Bertz CT molecular complexity index is 1650. The molecule has 6 atom stereocenters. The van der Waals surface area contributed by atoms with Crippen molar-refractivity contribution in [1.29, 1.82) is 0 Å². The molecule has 0 bridgehead atoms. The number of methoxy groups -OCH3 is 1. The van der Waals surface area contributed by atoms with Crippen LogP contribution in [0.1, 0.15) is 24.4 Å². The quantitative estimate of drug-likeness (QED) is 0.281. The average Bonchev–Trinajstić information content (AvgIpc) is 3.71. The third kappa shape index (κ3) is 5.01. The lowest BCUT2D eigenvalue weighted by atomic mass is 9.89. The van der Waals surface area contributed by atoms with Crippen LogP contribution >= 0.6 is 0 Å². The summed E-state index contributed by atoms with van der Waals surface area (Å²) in [6.07, 6.45) is -2.31. The van der Waals surface area contributed by atoms with Crippen molar-refractivity contribution in [3.63, 3.8) is 0 Å². The summed E-state index contributed by atoms with van der Waals surface area (Å²) in [6.45, 7) is -0.518. The minimum Gasteiger partial charge on any atom is -0.408 e. The Morgan fingerprint density at radius 2 is 1.93 bits per heavy atom. The van der Waals surface area contributed by atoms with Crippen molar-refractivity contribution >= 4 is 16.8 Å². The zero-order chi connectivity index (χ0) is 28.8. The van der Waals surface area contributed by atoms with Crippen LogP contribution in [0, 0.1) is 17.5 Å². The fraction of sp³-hybridized carbons (Fsp3) is 0.385. The number of nitrogens with one attached hydrogen (secondary N) is 1. The summed E-state index contributed by atoms with van der Waals surface area (Å²) in [4.78, 5) is 19.7. The number of aromatic amines is 1. The van der Waals surface area contributed by atoms with E-state index < -0.39 is 66.4 Å². The second-order valence-electron chi connectivity index (χ2n) is 9.85. The van der Waals surface area contributed by atoms with Gasteiger partial charge < -0.3 is 28.9 Å². The number of ether oxygens (including phenoxy) is 2. The third-order valence-electron chi connectivity index (χ3n) is 7.31. The molecule has 15 heteroatoms. The molecule has 0 unspecified atom stereocenters. The Morgan fingerprint density at radius 1 is 1.15 bits per heavy atom. The van der Waals surface area contributed by atoms with Crippen molar-refractivity contribution in [2.75, 3.05) is 13.7 Å². The first-order valence-electron chi connectivity index (χ1n) is 12.7. The molecule has 2 aliphatic heterocycles. The molecule has 2 aromatic heterocycles. The first-order valence-corrected chi connectivity index (χ1v) is 12.7. The fourth-order valence-corrected chi connectivity index (χ4v) is 5.32. The molecule has 12 nitrogen and oxygen atoms in total. The van der Waals surface area contributed by atoms with Gasteiger partial charge in [0.25, 0.3) is 0 Å². The smallest absolute Gasteiger partial charge is 0.408 e. The lowest BCUT2D eigenvalue weighted by Crippen LogP contribution is -2.57. The first kappa shape index (κ1) is 27.1. The molecule has 2 aliphatic rings. The van der Waals surface area contributed by atoms with Gasteiger partial charge in [0.05, 0.1) is 30.1 Å². The number of aliphatic hydroxyl groups is 2. The van der Waals surface area contributed by atoms with Crippen molar-refractivity contribution in [2.24, 2.45) is 5.16 Å². The molecule has 0 amide bonds. The predicted molar refractivity (Wildman–Crippen MR) is 134 cm³/mol. The zero-order valence-corrected chi connectivity index (χ0v) is 21.4. The molecule has 4 aromatic rings. The van der Waals surface area contributed by atoms with Crippen LogP contribution < -0.4 is 5.76 Å². The standard InChI is InChI=1S/C26H24F3N5O7/c1-38-25-20(8-13-7-17(32-41-13)11-2-3-16-19(6-11)40-26(37)30-16)39-21(10-35)24(36)23(25)34-9-18(31-33-34)12-4-14(27)22(29)15(28)5-12/h2-6,9,13,20-21,23-25,35-36H,7-8,10H2,1H3,(H,30,37)/t13-,20-,21-,23+,24+,25+/m1/s1. The highest BCUT2D eigenvalue weighted by Crippen LogP contribution is 2.36. The van der Waals surface area contributed by atoms with Crippen molar-refractivity contribution < 1.29 is 42.1 Å². The molecular weight excluding hydrogens is 551 g/mol. The van der Waals surface area contributed by atoms with Gasteiger partial charge in [-0.3, -0.25) is 4.98 Å². The van der Waals surface area contributed by atoms with E-state index in [4.69, 9.17) is 18.7 Å². The van der Waals surface area contributed by atoms with Crippen LogP contribution in [0.3, 0.4) is 0 Å². The number of oxime groups is 1. The zero-order valence-electron chi connectivity index (χ0n) is 21.4. The van der Waals surface area contributed by atoms with Crippen LogP contribution in [-0.2, 0) is 14.3 Å². The summed E-state index contributed by atoms with van der Waals surface area (Å²) >= 11 is 0. The molecule has 0 aliphatic carbocycles. The lowest BCUT2D eigenvalue weighted by molar-refractivity contribution is -0.219. The Morgan fingerprint density at radius 3 is 2.66 bits per heavy atom. The van der Waals surface area contributed by atoms with Gasteiger partial charge in [-0.25, -0.2) is 22.6 Å². The Hall–Kier alpha value is -4.05. The van der Waals surface area contributed by atoms with Gasteiger partial charge in [0, 0.05) is 31.1 Å². The van der Waals surface area contributed by atoms with Gasteiger partial charge in [-0.2, -0.15) is 0 Å². The summed E-state index contributed by atoms with van der Waals surface area (Å²) in [7, 11) is 1.42. The molecule has 0 radical (unpaired) electrons. The van der Waals surface area contributed by atoms with Gasteiger partial charge in [0.1, 0.15) is 36.2 Å². The number of halogens is 3. The summed E-state index contributed by atoms with van der Waals surface area (Å²) in [5, 5.41) is 33.1. The predicted octanol–water partition coefficient (Wildman–Crippen LogP) is 2.06. The van der Waals surface area contributed by atoms with Crippen LogP contribution in [0.5, 0.6) is 0 Å². The number of aromatic nitrogens is 4. The summed E-state index contributed by atoms with van der Waals surface area (Å²) in [5.74, 6) is -4.93. The monoisotopic (exact) mass is 575 g/mol. The Balaban J connectivity index is 1.22. The van der Waals surface area contributed by atoms with Crippen LogP contribution in [0.2, 0.25) is 0 Å². The van der Waals surface area contributed by atoms with Gasteiger partial charge in [-0.05, 0) is 24.3 Å². The van der Waals surface area contributed by atoms with Crippen LogP contribution in [0.15, 0.2) is 50.9 Å². The molecule has 0 saturated carbocycles. The highest BCUT2D eigenvalue weighted by Gasteiger charge is 2.48. The summed E-state index contributed by atoms with van der Waals surface area (Å²) < 4.78 is 59.1. The largest absolute Gasteiger partial charge is 0.417 e. The molecule has 1 saturated heterocycles. The van der Waals surface area contributed by atoms with E-state index in [-0.39, 0.29) is 17.7 Å². The van der Waals surface area contributed by atoms with Gasteiger partial charge in [0.2, 0.25) is 0 Å². The topological polar surface area (TPSA) is 157 Å². The Kier molecular flexibility index (Phi) is 7.11. The van der Waals surface area contributed by atoms with Gasteiger partial charge in [-0.15, -0.1) is 5.10 Å². The maximum Gasteiger partial charge on any atom is 0.417 e. The highest BCUT2D eigenvalue weighted by atomic mass is 19.2. The van der Waals surface area contributed by atoms with Crippen LogP contribution in [0.25, 0.3) is 22.4 Å². The molecule has 6 rings (SSSR count). The summed E-state index contributed by atoms with van der Waals surface area (Å²) in [6, 6.07) is 5.82. The second kappa shape index (κ2) is 10.7. The molecule has 0 spiro atoms. The van der Waals surface area contributed by atoms with Crippen LogP contribution in [0.4, 0.5) is 13.2 Å². The number of aliphatic hydroxyl groups excluding tert-OH is 2. The molecule has 3 N–H and O–H groups in total. The van der Waals surface area contributed by atoms with E-state index in [0.717, 1.165) is 12.1 Å². The molecule has 1 fully saturated rings. The minimum atomic E-state index is -1.60. The number of fused-ring (bicyclic) bond motifs is 1. The lowest BCUT2D eigenvalue weighted by Gasteiger charge is -2.44. The second-order valence-corrected chi connectivity index (χ2v) is 9.85. The number of benzene rings is 2. The SMILES string of the molecule is CO[C@@H]1[C@@H](n2cc(-c3cc(F)c(F)c(F)c3)nn2)[C@@H](O)[C@@H](CO)O[C@@H]1C[C@H]1CC(c2ccc3[nH]c(=O)oc3c2)=NO1. The molecular formula is C26H24F3N5O7. The van der Waals surface area contributed by atoms with Crippen molar-refractivity contribution in [3.8, 4) is 11.3 Å². The molecule has 41 heavy (non-hydrogen) atoms. The fourth-order valence-electron chi connectivity index (χ4n) is 5.32. The number of hydrogen-bond acceptors (Lipinski definition) is 10.